The fourth-order valence-electron chi connectivity index (χ4n) is 2.75. The third-order valence-electron chi connectivity index (χ3n) is 3.90. The molecule has 1 aromatic heterocycles. The molecule has 0 radical (unpaired) electrons. The zero-order chi connectivity index (χ0) is 18.4. The smallest absolute Gasteiger partial charge is 0.273 e. The number of nitrogens with zero attached hydrogens (tertiary/aromatic N) is 3. The first-order valence-corrected chi connectivity index (χ1v) is 8.67. The summed E-state index contributed by atoms with van der Waals surface area (Å²) in [6.07, 6.45) is 1.87. The van der Waals surface area contributed by atoms with Crippen LogP contribution < -0.4 is 5.32 Å². The first-order chi connectivity index (χ1) is 12.0. The molecule has 2 aromatic rings. The maximum Gasteiger partial charge on any atom is 0.273 e. The Hall–Kier alpha value is -2.63. The molecule has 1 N–H and O–H groups in total. The highest BCUT2D eigenvalue weighted by Crippen LogP contribution is 2.14. The summed E-state index contributed by atoms with van der Waals surface area (Å²) in [4.78, 5) is 26.7. The quantitative estimate of drug-likeness (QED) is 0.840. The van der Waals surface area contributed by atoms with Crippen LogP contribution in [-0.4, -0.2) is 39.6 Å². The van der Waals surface area contributed by atoms with Crippen molar-refractivity contribution in [2.75, 3.05) is 18.4 Å². The van der Waals surface area contributed by atoms with Crippen LogP contribution >= 0.6 is 0 Å². The van der Waals surface area contributed by atoms with Crippen LogP contribution in [0.3, 0.4) is 0 Å². The largest absolute Gasteiger partial charge is 0.339 e. The Morgan fingerprint density at radius 3 is 2.20 bits per heavy atom. The molecule has 6 heteroatoms. The zero-order valence-corrected chi connectivity index (χ0v) is 15.4. The molecule has 6 nitrogen and oxygen atoms in total. The molecule has 0 atom stereocenters. The van der Waals surface area contributed by atoms with Gasteiger partial charge in [-0.25, -0.2) is 0 Å². The van der Waals surface area contributed by atoms with E-state index in [1.165, 1.54) is 0 Å². The van der Waals surface area contributed by atoms with Gasteiger partial charge >= 0.3 is 0 Å². The van der Waals surface area contributed by atoms with Crippen molar-refractivity contribution in [2.24, 2.45) is 7.05 Å². The minimum absolute atomic E-state index is 0.0313. The van der Waals surface area contributed by atoms with Crippen molar-refractivity contribution < 1.29 is 9.59 Å². The number of anilines is 1. The SMILES string of the molecule is CCCN(CCC)C(=O)c1ccc(NC(=O)c2cc(C)nn2C)cc1. The van der Waals surface area contributed by atoms with E-state index in [1.54, 1.807) is 42.1 Å². The second-order valence-electron chi connectivity index (χ2n) is 6.12. The van der Waals surface area contributed by atoms with Crippen molar-refractivity contribution >= 4 is 17.5 Å². The van der Waals surface area contributed by atoms with Crippen molar-refractivity contribution in [1.82, 2.24) is 14.7 Å². The number of nitrogens with one attached hydrogen (secondary N) is 1. The predicted molar refractivity (Wildman–Crippen MR) is 98.8 cm³/mol. The second-order valence-corrected chi connectivity index (χ2v) is 6.12. The van der Waals surface area contributed by atoms with E-state index in [0.717, 1.165) is 31.6 Å². The van der Waals surface area contributed by atoms with E-state index >= 15 is 0 Å². The monoisotopic (exact) mass is 342 g/mol. The van der Waals surface area contributed by atoms with Gasteiger partial charge in [-0.3, -0.25) is 14.3 Å². The van der Waals surface area contributed by atoms with E-state index in [2.05, 4.69) is 24.3 Å². The molecule has 25 heavy (non-hydrogen) atoms. The van der Waals surface area contributed by atoms with Gasteiger partial charge in [0.05, 0.1) is 5.69 Å². The van der Waals surface area contributed by atoms with Gasteiger partial charge in [-0.1, -0.05) is 13.8 Å². The Morgan fingerprint density at radius 2 is 1.72 bits per heavy atom. The Labute approximate surface area is 148 Å². The Morgan fingerprint density at radius 1 is 1.12 bits per heavy atom. The molecule has 1 aromatic carbocycles. The Kier molecular flexibility index (Phi) is 6.33. The van der Waals surface area contributed by atoms with Gasteiger partial charge in [0.2, 0.25) is 0 Å². The maximum atomic E-state index is 12.6. The van der Waals surface area contributed by atoms with Gasteiger partial charge in [0.1, 0.15) is 5.69 Å². The summed E-state index contributed by atoms with van der Waals surface area (Å²) in [6.45, 7) is 7.48. The van der Waals surface area contributed by atoms with E-state index in [4.69, 9.17) is 0 Å². The van der Waals surface area contributed by atoms with Gasteiger partial charge < -0.3 is 10.2 Å². The van der Waals surface area contributed by atoms with Crippen molar-refractivity contribution in [3.8, 4) is 0 Å². The molecule has 0 spiro atoms. The molecule has 0 unspecified atom stereocenters. The van der Waals surface area contributed by atoms with Crippen LogP contribution in [0.1, 0.15) is 53.2 Å². The van der Waals surface area contributed by atoms with Crippen LogP contribution in [0.5, 0.6) is 0 Å². The highest BCUT2D eigenvalue weighted by molar-refractivity contribution is 6.03. The summed E-state index contributed by atoms with van der Waals surface area (Å²) < 4.78 is 1.55. The number of amides is 2. The number of aryl methyl sites for hydroxylation is 2. The number of aromatic nitrogens is 2. The average molecular weight is 342 g/mol. The van der Waals surface area contributed by atoms with Crippen LogP contribution in [0.15, 0.2) is 30.3 Å². The lowest BCUT2D eigenvalue weighted by molar-refractivity contribution is 0.0755. The lowest BCUT2D eigenvalue weighted by Crippen LogP contribution is -2.32. The van der Waals surface area contributed by atoms with Crippen LogP contribution in [-0.2, 0) is 7.05 Å². The van der Waals surface area contributed by atoms with Gasteiger partial charge in [-0.2, -0.15) is 5.10 Å². The number of benzene rings is 1. The average Bonchev–Trinajstić information content (AvgIpc) is 2.93. The van der Waals surface area contributed by atoms with Crippen LogP contribution in [0, 0.1) is 6.92 Å². The molecule has 2 amide bonds. The Bertz CT molecular complexity index is 728. The minimum Gasteiger partial charge on any atom is -0.339 e. The zero-order valence-electron chi connectivity index (χ0n) is 15.4. The fourth-order valence-corrected chi connectivity index (χ4v) is 2.75. The van der Waals surface area contributed by atoms with Crippen LogP contribution in [0.2, 0.25) is 0 Å². The molecule has 0 fully saturated rings. The molecule has 134 valence electrons. The van der Waals surface area contributed by atoms with Crippen LogP contribution in [0.4, 0.5) is 5.69 Å². The molecule has 0 bridgehead atoms. The van der Waals surface area contributed by atoms with Gasteiger partial charge in [0.25, 0.3) is 11.8 Å². The molecule has 0 saturated heterocycles. The normalized spacial score (nSPS) is 10.6. The summed E-state index contributed by atoms with van der Waals surface area (Å²) in [5.41, 5.74) is 2.57. The van der Waals surface area contributed by atoms with E-state index in [9.17, 15) is 9.59 Å². The summed E-state index contributed by atoms with van der Waals surface area (Å²) in [5.74, 6) is -0.190. The van der Waals surface area contributed by atoms with Crippen LogP contribution in [0.25, 0.3) is 0 Å². The van der Waals surface area contributed by atoms with E-state index < -0.39 is 0 Å². The van der Waals surface area contributed by atoms with Crippen molar-refractivity contribution in [3.63, 3.8) is 0 Å². The third-order valence-corrected chi connectivity index (χ3v) is 3.90. The van der Waals surface area contributed by atoms with Gasteiger partial charge in [0.15, 0.2) is 0 Å². The topological polar surface area (TPSA) is 67.2 Å². The summed E-state index contributed by atoms with van der Waals surface area (Å²) >= 11 is 0. The molecule has 0 aliphatic rings. The molecular formula is C19H26N4O2. The molecule has 0 saturated carbocycles. The molecule has 0 aliphatic heterocycles. The fraction of sp³-hybridized carbons (Fsp3) is 0.421. The predicted octanol–water partition coefficient (Wildman–Crippen LogP) is 3.24. The van der Waals surface area contributed by atoms with Gasteiger partial charge in [0, 0.05) is 31.4 Å². The lowest BCUT2D eigenvalue weighted by Gasteiger charge is -2.21. The standard InChI is InChI=1S/C19H26N4O2/c1-5-11-23(12-6-2)19(25)15-7-9-16(10-8-15)20-18(24)17-13-14(3)21-22(17)4/h7-10,13H,5-6,11-12H2,1-4H3,(H,20,24). The van der Waals surface area contributed by atoms with Crippen molar-refractivity contribution in [2.45, 2.75) is 33.6 Å². The third kappa shape index (κ3) is 4.68. The first kappa shape index (κ1) is 18.7. The van der Waals surface area contributed by atoms with Gasteiger partial charge in [-0.05, 0) is 50.1 Å². The van der Waals surface area contributed by atoms with E-state index in [1.807, 2.05) is 11.8 Å². The molecule has 1 heterocycles. The number of hydrogen-bond acceptors (Lipinski definition) is 3. The highest BCUT2D eigenvalue weighted by atomic mass is 16.2. The lowest BCUT2D eigenvalue weighted by atomic mass is 10.1. The molecular weight excluding hydrogens is 316 g/mol. The number of carbonyl (C=O) groups is 2. The minimum atomic E-state index is -0.222. The van der Waals surface area contributed by atoms with Crippen molar-refractivity contribution in [1.29, 1.82) is 0 Å². The number of hydrogen-bond donors (Lipinski definition) is 1. The molecule has 0 aliphatic carbocycles. The summed E-state index contributed by atoms with van der Waals surface area (Å²) in [6, 6.07) is 8.75. The number of rotatable bonds is 7. The molecule has 2 rings (SSSR count). The van der Waals surface area contributed by atoms with Crippen molar-refractivity contribution in [3.05, 3.63) is 47.3 Å². The summed E-state index contributed by atoms with van der Waals surface area (Å²) in [5, 5.41) is 7.00. The van der Waals surface area contributed by atoms with E-state index in [-0.39, 0.29) is 11.8 Å². The van der Waals surface area contributed by atoms with Gasteiger partial charge in [-0.15, -0.1) is 0 Å². The van der Waals surface area contributed by atoms with E-state index in [0.29, 0.717) is 16.9 Å². The second kappa shape index (κ2) is 8.46. The first-order valence-electron chi connectivity index (χ1n) is 8.67. The highest BCUT2D eigenvalue weighted by Gasteiger charge is 2.15. The maximum absolute atomic E-state index is 12.6. The summed E-state index contributed by atoms with van der Waals surface area (Å²) in [7, 11) is 1.74. The number of carbonyl (C=O) groups excluding carboxylic acids is 2. The Balaban J connectivity index is 2.07.